The summed E-state index contributed by atoms with van der Waals surface area (Å²) in [4.78, 5) is 25.9. The van der Waals surface area contributed by atoms with E-state index in [2.05, 4.69) is 25.2 Å². The summed E-state index contributed by atoms with van der Waals surface area (Å²) in [6, 6.07) is 15.6. The van der Waals surface area contributed by atoms with E-state index in [0.717, 1.165) is 61.2 Å². The second-order valence-electron chi connectivity index (χ2n) is 13.3. The predicted octanol–water partition coefficient (Wildman–Crippen LogP) is 7.11. The number of carbonyl (C=O) groups is 2. The van der Waals surface area contributed by atoms with Crippen LogP contribution in [-0.2, 0) is 9.59 Å². The molecule has 4 aliphatic rings. The monoisotopic (exact) mass is 569 g/mol. The van der Waals surface area contributed by atoms with E-state index in [-0.39, 0.29) is 28.7 Å². The number of rotatable bonds is 7. The minimum Gasteiger partial charge on any atom is -0.497 e. The Morgan fingerprint density at radius 2 is 1.50 bits per heavy atom. The van der Waals surface area contributed by atoms with Crippen molar-refractivity contribution in [3.8, 4) is 11.5 Å². The number of nitrogens with one attached hydrogen (secondary N) is 1. The average Bonchev–Trinajstić information content (AvgIpc) is 3.37. The van der Waals surface area contributed by atoms with Crippen LogP contribution in [0, 0.1) is 34.5 Å². The van der Waals surface area contributed by atoms with E-state index in [4.69, 9.17) is 9.47 Å². The number of ether oxygens (including phenoxy) is 2. The van der Waals surface area contributed by atoms with Crippen LogP contribution in [0.4, 0.5) is 0 Å². The summed E-state index contributed by atoms with van der Waals surface area (Å²) >= 11 is 0. The van der Waals surface area contributed by atoms with Crippen LogP contribution in [0.15, 0.2) is 71.8 Å². The van der Waals surface area contributed by atoms with E-state index >= 15 is 0 Å². The smallest absolute Gasteiger partial charge is 0.331 e. The number of carboxylic acid groups (broad SMARTS) is 1. The van der Waals surface area contributed by atoms with Crippen LogP contribution in [0.1, 0.15) is 76.0 Å². The lowest BCUT2D eigenvalue weighted by atomic mass is 9.48. The minimum absolute atomic E-state index is 0.0252. The number of methoxy groups -OCH3 is 2. The molecule has 222 valence electrons. The first kappa shape index (κ1) is 28.6. The molecule has 0 heterocycles. The van der Waals surface area contributed by atoms with Gasteiger partial charge in [0.25, 0.3) is 0 Å². The van der Waals surface area contributed by atoms with E-state index in [9.17, 15) is 14.7 Å². The maximum Gasteiger partial charge on any atom is 0.331 e. The van der Waals surface area contributed by atoms with Crippen LogP contribution in [0.2, 0.25) is 0 Å². The number of hydrogen-bond acceptors (Lipinski definition) is 4. The van der Waals surface area contributed by atoms with Gasteiger partial charge in [0.15, 0.2) is 0 Å². The number of hydrogen-bond donors (Lipinski definition) is 2. The average molecular weight is 570 g/mol. The summed E-state index contributed by atoms with van der Waals surface area (Å²) in [5.74, 6) is 2.45. The van der Waals surface area contributed by atoms with Crippen LogP contribution in [0.25, 0.3) is 0 Å². The van der Waals surface area contributed by atoms with Gasteiger partial charge in [-0.25, -0.2) is 4.79 Å². The number of aliphatic carboxylic acids is 1. The fourth-order valence-corrected chi connectivity index (χ4v) is 9.12. The highest BCUT2D eigenvalue weighted by Crippen LogP contribution is 2.66. The van der Waals surface area contributed by atoms with E-state index < -0.39 is 5.97 Å². The van der Waals surface area contributed by atoms with Crippen molar-refractivity contribution in [2.24, 2.45) is 34.5 Å². The van der Waals surface area contributed by atoms with E-state index in [0.29, 0.717) is 29.7 Å². The lowest BCUT2D eigenvalue weighted by molar-refractivity contribution is -0.133. The molecule has 6 rings (SSSR count). The van der Waals surface area contributed by atoms with Gasteiger partial charge in [-0.1, -0.05) is 44.2 Å². The molecular formula is C36H43NO5. The van der Waals surface area contributed by atoms with E-state index in [1.165, 1.54) is 5.57 Å². The molecule has 6 heteroatoms. The molecule has 0 radical (unpaired) electrons. The zero-order valence-electron chi connectivity index (χ0n) is 25.2. The summed E-state index contributed by atoms with van der Waals surface area (Å²) in [7, 11) is 3.32. The van der Waals surface area contributed by atoms with Crippen LogP contribution in [0.3, 0.4) is 0 Å². The van der Waals surface area contributed by atoms with Crippen molar-refractivity contribution in [2.75, 3.05) is 14.2 Å². The van der Waals surface area contributed by atoms with Crippen LogP contribution >= 0.6 is 0 Å². The Kier molecular flexibility index (Phi) is 7.44. The summed E-state index contributed by atoms with van der Waals surface area (Å²) in [5, 5.41) is 13.1. The summed E-state index contributed by atoms with van der Waals surface area (Å²) in [6.45, 7) is 4.73. The molecular weight excluding hydrogens is 526 g/mol. The van der Waals surface area contributed by atoms with Gasteiger partial charge in [-0.3, -0.25) is 4.79 Å². The molecule has 0 saturated heterocycles. The third-order valence-corrected chi connectivity index (χ3v) is 11.5. The maximum absolute atomic E-state index is 14.2. The molecule has 0 bridgehead atoms. The van der Waals surface area contributed by atoms with Gasteiger partial charge < -0.3 is 19.9 Å². The van der Waals surface area contributed by atoms with Crippen LogP contribution < -0.4 is 14.8 Å². The van der Waals surface area contributed by atoms with Crippen LogP contribution in [0.5, 0.6) is 11.5 Å². The first-order valence-corrected chi connectivity index (χ1v) is 15.4. The minimum atomic E-state index is -0.788. The number of carbonyl (C=O) groups excluding carboxylic acids is 1. The molecule has 4 aliphatic carbocycles. The van der Waals surface area contributed by atoms with Gasteiger partial charge in [0.2, 0.25) is 5.91 Å². The Balaban J connectivity index is 1.25. The van der Waals surface area contributed by atoms with Gasteiger partial charge in [-0.2, -0.15) is 0 Å². The molecule has 1 amide bonds. The largest absolute Gasteiger partial charge is 0.497 e. The molecule has 2 aromatic rings. The fourth-order valence-electron chi connectivity index (χ4n) is 9.12. The molecule has 0 spiro atoms. The van der Waals surface area contributed by atoms with Crippen molar-refractivity contribution in [1.82, 2.24) is 5.32 Å². The Bertz CT molecular complexity index is 1360. The zero-order valence-corrected chi connectivity index (χ0v) is 25.2. The summed E-state index contributed by atoms with van der Waals surface area (Å²) in [5.41, 5.74) is 3.78. The second-order valence-corrected chi connectivity index (χ2v) is 13.3. The van der Waals surface area contributed by atoms with Gasteiger partial charge in [0.1, 0.15) is 11.5 Å². The SMILES string of the molecule is COc1ccc(C(NC(=O)C2CC[C@H]3[C@@H]4CC=C5C=C(C(=O)O)CC[C@]5(C)[C@H]4CC[C@]23C)c2ccc(OC)cc2)cc1. The van der Waals surface area contributed by atoms with Gasteiger partial charge >= 0.3 is 5.97 Å². The zero-order chi connectivity index (χ0) is 29.6. The van der Waals surface area contributed by atoms with Gasteiger partial charge in [-0.05, 0) is 121 Å². The molecule has 6 nitrogen and oxygen atoms in total. The van der Waals surface area contributed by atoms with Crippen molar-refractivity contribution in [2.45, 2.75) is 64.8 Å². The number of carboxylic acids is 1. The normalized spacial score (nSPS) is 31.6. The molecule has 2 aromatic carbocycles. The molecule has 2 N–H and O–H groups in total. The number of fused-ring (bicyclic) bond motifs is 5. The standard InChI is InChI=1S/C36H43NO5/c1-35-19-17-24(34(39)40)21-25(35)9-14-28-29-15-16-31(36(29,2)20-18-30(28)35)33(38)37-32(22-5-10-26(41-3)11-6-22)23-7-12-27(42-4)13-8-23/h5-13,21,28-32H,14-20H2,1-4H3,(H,37,38)(H,39,40)/t28-,29-,30-,31?,35-,36-/m0/s1. The van der Waals surface area contributed by atoms with E-state index in [1.54, 1.807) is 14.2 Å². The maximum atomic E-state index is 14.2. The fraction of sp³-hybridized carbons (Fsp3) is 0.500. The topological polar surface area (TPSA) is 84.9 Å². The molecule has 6 atom stereocenters. The van der Waals surface area contributed by atoms with Crippen molar-refractivity contribution in [3.05, 3.63) is 83.0 Å². The lowest BCUT2D eigenvalue weighted by Gasteiger charge is -2.57. The Hall–Kier alpha value is -3.54. The third kappa shape index (κ3) is 4.73. The van der Waals surface area contributed by atoms with Gasteiger partial charge in [0.05, 0.1) is 20.3 Å². The number of benzene rings is 2. The third-order valence-electron chi connectivity index (χ3n) is 11.5. The number of allylic oxidation sites excluding steroid dienone is 3. The molecule has 0 aliphatic heterocycles. The predicted molar refractivity (Wildman–Crippen MR) is 162 cm³/mol. The Labute approximate surface area is 249 Å². The second kappa shape index (κ2) is 10.9. The van der Waals surface area contributed by atoms with Crippen molar-refractivity contribution in [3.63, 3.8) is 0 Å². The number of amides is 1. The first-order chi connectivity index (χ1) is 20.2. The summed E-state index contributed by atoms with van der Waals surface area (Å²) < 4.78 is 10.8. The highest BCUT2D eigenvalue weighted by Gasteiger charge is 2.59. The summed E-state index contributed by atoms with van der Waals surface area (Å²) in [6.07, 6.45) is 10.9. The lowest BCUT2D eigenvalue weighted by Crippen LogP contribution is -2.51. The quantitative estimate of drug-likeness (QED) is 0.371. The highest BCUT2D eigenvalue weighted by molar-refractivity contribution is 5.87. The molecule has 2 saturated carbocycles. The molecule has 42 heavy (non-hydrogen) atoms. The van der Waals surface area contributed by atoms with E-state index in [1.807, 2.05) is 54.6 Å². The van der Waals surface area contributed by atoms with Crippen molar-refractivity contribution >= 4 is 11.9 Å². The highest BCUT2D eigenvalue weighted by atomic mass is 16.5. The van der Waals surface area contributed by atoms with Crippen molar-refractivity contribution < 1.29 is 24.2 Å². The van der Waals surface area contributed by atoms with Gasteiger partial charge in [0, 0.05) is 11.5 Å². The first-order valence-electron chi connectivity index (χ1n) is 15.4. The molecule has 0 aromatic heterocycles. The van der Waals surface area contributed by atoms with Gasteiger partial charge in [-0.15, -0.1) is 0 Å². The van der Waals surface area contributed by atoms with Crippen molar-refractivity contribution in [1.29, 1.82) is 0 Å². The van der Waals surface area contributed by atoms with Crippen LogP contribution in [-0.4, -0.2) is 31.2 Å². The molecule has 1 unspecified atom stereocenters. The Morgan fingerprint density at radius 1 is 0.881 bits per heavy atom. The Morgan fingerprint density at radius 3 is 2.07 bits per heavy atom. The molecule has 2 fully saturated rings.